The fourth-order valence-corrected chi connectivity index (χ4v) is 3.91. The van der Waals surface area contributed by atoms with E-state index in [0.29, 0.717) is 11.0 Å². The summed E-state index contributed by atoms with van der Waals surface area (Å²) in [5.41, 5.74) is 0. The number of nitrogens with zero attached hydrogens (tertiary/aromatic N) is 2. The Morgan fingerprint density at radius 2 is 2.05 bits per heavy atom. The molecule has 2 heterocycles. The first-order chi connectivity index (χ1) is 9.63. The molecule has 102 valence electrons. The number of hydrogen-bond acceptors (Lipinski definition) is 4. The van der Waals surface area contributed by atoms with Gasteiger partial charge in [0.05, 0.1) is 4.47 Å². The minimum atomic E-state index is 0.272. The molecule has 2 aromatic heterocycles. The molecular weight excluding hydrogens is 427 g/mol. The third-order valence-electron chi connectivity index (χ3n) is 2.58. The van der Waals surface area contributed by atoms with E-state index in [4.69, 9.17) is 16.3 Å². The highest BCUT2D eigenvalue weighted by Gasteiger charge is 2.08. The lowest BCUT2D eigenvalue weighted by molar-refractivity contribution is 0.294. The van der Waals surface area contributed by atoms with Crippen molar-refractivity contribution in [2.24, 2.45) is 0 Å². The molecule has 0 aliphatic heterocycles. The molecule has 3 nitrogen and oxygen atoms in total. The lowest BCUT2D eigenvalue weighted by Crippen LogP contribution is -2.02. The summed E-state index contributed by atoms with van der Waals surface area (Å²) in [6.45, 7) is 0.272. The van der Waals surface area contributed by atoms with Crippen LogP contribution in [0.25, 0.3) is 10.2 Å². The van der Waals surface area contributed by atoms with Crippen molar-refractivity contribution >= 4 is 65.0 Å². The summed E-state index contributed by atoms with van der Waals surface area (Å²) in [5.74, 6) is 1.30. The smallest absolute Gasteiger partial charge is 0.169 e. The van der Waals surface area contributed by atoms with Crippen molar-refractivity contribution in [1.29, 1.82) is 0 Å². The minimum absolute atomic E-state index is 0.272. The van der Waals surface area contributed by atoms with Crippen molar-refractivity contribution in [2.45, 2.75) is 6.61 Å². The first-order valence-electron chi connectivity index (χ1n) is 5.61. The number of thiophene rings is 1. The molecule has 0 aliphatic carbocycles. The molecule has 0 amide bonds. The van der Waals surface area contributed by atoms with Gasteiger partial charge < -0.3 is 4.74 Å². The van der Waals surface area contributed by atoms with Crippen LogP contribution in [0.3, 0.4) is 0 Å². The Bertz CT molecular complexity index is 778. The van der Waals surface area contributed by atoms with Crippen LogP contribution in [0.5, 0.6) is 5.75 Å². The van der Waals surface area contributed by atoms with Crippen LogP contribution in [-0.4, -0.2) is 9.97 Å². The zero-order valence-electron chi connectivity index (χ0n) is 9.94. The number of benzene rings is 1. The van der Waals surface area contributed by atoms with E-state index in [9.17, 15) is 0 Å². The fourth-order valence-electron chi connectivity index (χ4n) is 1.66. The third-order valence-corrected chi connectivity index (χ3v) is 4.78. The Labute approximate surface area is 141 Å². The lowest BCUT2D eigenvalue weighted by atomic mass is 10.3. The molecule has 0 bridgehead atoms. The average Bonchev–Trinajstić information content (AvgIpc) is 2.86. The topological polar surface area (TPSA) is 35.0 Å². The van der Waals surface area contributed by atoms with E-state index in [1.54, 1.807) is 0 Å². The number of fused-ring (bicyclic) bond motifs is 1. The second-order valence-corrected chi connectivity index (χ2v) is 6.96. The van der Waals surface area contributed by atoms with Crippen LogP contribution in [0.1, 0.15) is 5.82 Å². The molecule has 0 aliphatic rings. The Morgan fingerprint density at radius 3 is 2.85 bits per heavy atom. The van der Waals surface area contributed by atoms with Gasteiger partial charge in [-0.15, -0.1) is 11.3 Å². The van der Waals surface area contributed by atoms with Gasteiger partial charge in [0, 0.05) is 9.86 Å². The first-order valence-corrected chi connectivity index (χ1v) is 8.45. The zero-order valence-corrected chi connectivity index (χ0v) is 14.7. The van der Waals surface area contributed by atoms with Crippen LogP contribution >= 0.6 is 54.8 Å². The van der Waals surface area contributed by atoms with E-state index in [1.165, 1.54) is 11.3 Å². The molecule has 0 fully saturated rings. The van der Waals surface area contributed by atoms with E-state index in [2.05, 4.69) is 41.8 Å². The molecule has 0 saturated heterocycles. The Balaban J connectivity index is 1.82. The highest BCUT2D eigenvalue weighted by Crippen LogP contribution is 2.29. The van der Waals surface area contributed by atoms with Crippen LogP contribution in [-0.2, 0) is 6.61 Å². The number of aromatic nitrogens is 2. The summed E-state index contributed by atoms with van der Waals surface area (Å²) in [7, 11) is 0. The van der Waals surface area contributed by atoms with Gasteiger partial charge in [0.1, 0.15) is 22.3 Å². The number of hydrogen-bond donors (Lipinski definition) is 0. The van der Waals surface area contributed by atoms with Crippen molar-refractivity contribution in [3.63, 3.8) is 0 Å². The van der Waals surface area contributed by atoms with Crippen molar-refractivity contribution in [3.05, 3.63) is 49.6 Å². The molecule has 3 aromatic rings. The average molecular weight is 435 g/mol. The van der Waals surface area contributed by atoms with Crippen molar-refractivity contribution in [2.75, 3.05) is 0 Å². The Hall–Kier alpha value is -0.690. The van der Waals surface area contributed by atoms with E-state index < -0.39 is 0 Å². The van der Waals surface area contributed by atoms with E-state index in [0.717, 1.165) is 24.9 Å². The second-order valence-electron chi connectivity index (χ2n) is 3.93. The largest absolute Gasteiger partial charge is 0.484 e. The number of ether oxygens (including phenoxy) is 1. The summed E-state index contributed by atoms with van der Waals surface area (Å²) in [6, 6.07) is 7.62. The second kappa shape index (κ2) is 5.97. The first kappa shape index (κ1) is 14.3. The fraction of sp³-hybridized carbons (Fsp3) is 0.0769. The van der Waals surface area contributed by atoms with E-state index >= 15 is 0 Å². The molecule has 0 unspecified atom stereocenters. The Morgan fingerprint density at radius 1 is 1.20 bits per heavy atom. The highest BCUT2D eigenvalue weighted by atomic mass is 79.9. The van der Waals surface area contributed by atoms with Gasteiger partial charge in [-0.05, 0) is 45.6 Å². The van der Waals surface area contributed by atoms with Gasteiger partial charge in [-0.1, -0.05) is 27.5 Å². The summed E-state index contributed by atoms with van der Waals surface area (Å²) >= 11 is 14.5. The van der Waals surface area contributed by atoms with Crippen LogP contribution in [0, 0.1) is 0 Å². The minimum Gasteiger partial charge on any atom is -0.484 e. The normalized spacial score (nSPS) is 10.9. The van der Waals surface area contributed by atoms with Crippen LogP contribution in [0.4, 0.5) is 0 Å². The molecule has 0 atom stereocenters. The maximum absolute atomic E-state index is 6.12. The predicted octanol–water partition coefficient (Wildman–Crippen LogP) is 5.45. The lowest BCUT2D eigenvalue weighted by Gasteiger charge is -2.08. The molecular formula is C13H7Br2ClN2OS. The van der Waals surface area contributed by atoms with Gasteiger partial charge in [-0.2, -0.15) is 0 Å². The molecule has 3 rings (SSSR count). The van der Waals surface area contributed by atoms with Gasteiger partial charge in [0.25, 0.3) is 0 Å². The van der Waals surface area contributed by atoms with Gasteiger partial charge in [-0.3, -0.25) is 0 Å². The van der Waals surface area contributed by atoms with Crippen LogP contribution in [0.2, 0.25) is 5.15 Å². The van der Waals surface area contributed by atoms with Gasteiger partial charge in [0.15, 0.2) is 5.82 Å². The summed E-state index contributed by atoms with van der Waals surface area (Å²) in [5, 5.41) is 3.29. The Kier molecular flexibility index (Phi) is 4.26. The quantitative estimate of drug-likeness (QED) is 0.514. The maximum atomic E-state index is 6.12. The predicted molar refractivity (Wildman–Crippen MR) is 88.6 cm³/mol. The monoisotopic (exact) mass is 432 g/mol. The molecule has 7 heteroatoms. The van der Waals surface area contributed by atoms with Crippen molar-refractivity contribution in [1.82, 2.24) is 9.97 Å². The SMILES string of the molecule is Clc1nc(COc2ccc(Br)cc2Br)nc2sccc12. The molecule has 0 radical (unpaired) electrons. The molecule has 1 aromatic carbocycles. The van der Waals surface area contributed by atoms with Crippen LogP contribution in [0.15, 0.2) is 38.6 Å². The number of halogens is 3. The summed E-state index contributed by atoms with van der Waals surface area (Å²) < 4.78 is 7.56. The van der Waals surface area contributed by atoms with E-state index in [-0.39, 0.29) is 6.61 Å². The molecule has 0 saturated carbocycles. The van der Waals surface area contributed by atoms with E-state index in [1.807, 2.05) is 29.6 Å². The number of rotatable bonds is 3. The van der Waals surface area contributed by atoms with Gasteiger partial charge in [-0.25, -0.2) is 9.97 Å². The maximum Gasteiger partial charge on any atom is 0.169 e. The van der Waals surface area contributed by atoms with Crippen LogP contribution < -0.4 is 4.74 Å². The van der Waals surface area contributed by atoms with Crippen molar-refractivity contribution in [3.8, 4) is 5.75 Å². The van der Waals surface area contributed by atoms with Gasteiger partial charge in [0.2, 0.25) is 0 Å². The summed E-state index contributed by atoms with van der Waals surface area (Å²) in [4.78, 5) is 9.55. The molecule has 20 heavy (non-hydrogen) atoms. The van der Waals surface area contributed by atoms with Gasteiger partial charge >= 0.3 is 0 Å². The standard InChI is InChI=1S/C13H7Br2ClN2OS/c14-7-1-2-10(9(15)5-7)19-6-11-17-12(16)8-3-4-20-13(8)18-11/h1-5H,6H2. The van der Waals surface area contributed by atoms with Crippen molar-refractivity contribution < 1.29 is 4.74 Å². The highest BCUT2D eigenvalue weighted by molar-refractivity contribution is 9.11. The molecule has 0 spiro atoms. The zero-order chi connectivity index (χ0) is 14.1. The summed E-state index contributed by atoms with van der Waals surface area (Å²) in [6.07, 6.45) is 0. The molecule has 0 N–H and O–H groups in total. The third kappa shape index (κ3) is 2.98.